The number of Topliss-reactive ketones (excluding diaryl/α,β-unsaturated/α-hetero) is 1. The van der Waals surface area contributed by atoms with Gasteiger partial charge in [0, 0.05) is 12.8 Å². The van der Waals surface area contributed by atoms with Crippen LogP contribution in [0, 0.1) is 0 Å². The highest BCUT2D eigenvalue weighted by atomic mass is 17.2. The predicted molar refractivity (Wildman–Crippen MR) is 112 cm³/mol. The Labute approximate surface area is 175 Å². The third kappa shape index (κ3) is 4.64. The Morgan fingerprint density at radius 3 is 1.57 bits per heavy atom. The van der Waals surface area contributed by atoms with Crippen molar-refractivity contribution in [2.75, 3.05) is 0 Å². The van der Waals surface area contributed by atoms with E-state index in [0.717, 1.165) is 16.7 Å². The number of aliphatic hydroxyl groups excluding tert-OH is 1. The molecular formula is C25H24O5. The second-order valence-electron chi connectivity index (χ2n) is 6.88. The van der Waals surface area contributed by atoms with Gasteiger partial charge in [-0.25, -0.2) is 4.79 Å². The molecule has 3 rings (SSSR count). The number of benzene rings is 3. The summed E-state index contributed by atoms with van der Waals surface area (Å²) in [5.41, 5.74) is 0.978. The Bertz CT molecular complexity index is 858. The van der Waals surface area contributed by atoms with Crippen LogP contribution in [0.1, 0.15) is 36.5 Å². The van der Waals surface area contributed by atoms with Crippen LogP contribution in [-0.4, -0.2) is 23.0 Å². The van der Waals surface area contributed by atoms with Gasteiger partial charge < -0.3 is 5.11 Å². The lowest BCUT2D eigenvalue weighted by molar-refractivity contribution is -0.321. The smallest absolute Gasteiger partial charge is 0.371 e. The summed E-state index contributed by atoms with van der Waals surface area (Å²) in [4.78, 5) is 35.0. The summed E-state index contributed by atoms with van der Waals surface area (Å²) in [7, 11) is 0. The van der Waals surface area contributed by atoms with E-state index >= 15 is 0 Å². The van der Waals surface area contributed by atoms with Crippen molar-refractivity contribution in [2.45, 2.75) is 31.5 Å². The van der Waals surface area contributed by atoms with Crippen LogP contribution in [0.4, 0.5) is 0 Å². The monoisotopic (exact) mass is 404 g/mol. The quantitative estimate of drug-likeness (QED) is 0.329. The lowest BCUT2D eigenvalue weighted by atomic mass is 9.80. The number of carbonyl (C=O) groups is 2. The number of aliphatic hydroxyl groups is 1. The summed E-state index contributed by atoms with van der Waals surface area (Å²) in [5.74, 6) is -1.25. The van der Waals surface area contributed by atoms with Gasteiger partial charge >= 0.3 is 5.97 Å². The van der Waals surface area contributed by atoms with E-state index < -0.39 is 17.7 Å². The van der Waals surface area contributed by atoms with E-state index in [4.69, 9.17) is 9.78 Å². The first-order valence-corrected chi connectivity index (χ1v) is 9.83. The zero-order valence-electron chi connectivity index (χ0n) is 16.7. The fourth-order valence-electron chi connectivity index (χ4n) is 3.27. The maximum atomic E-state index is 12.4. The summed E-state index contributed by atoms with van der Waals surface area (Å²) in [6.07, 6.45) is -1.67. The van der Waals surface area contributed by atoms with Crippen LogP contribution in [0.2, 0.25) is 0 Å². The number of carbonyl (C=O) groups excluding carboxylic acids is 2. The van der Waals surface area contributed by atoms with E-state index in [2.05, 4.69) is 0 Å². The van der Waals surface area contributed by atoms with Crippen LogP contribution in [0.25, 0.3) is 0 Å². The van der Waals surface area contributed by atoms with Crippen molar-refractivity contribution in [1.82, 2.24) is 0 Å². The van der Waals surface area contributed by atoms with Crippen LogP contribution >= 0.6 is 0 Å². The molecule has 0 amide bonds. The molecule has 3 aromatic carbocycles. The largest absolute Gasteiger partial charge is 0.381 e. The Balaban J connectivity index is 2.03. The van der Waals surface area contributed by atoms with Gasteiger partial charge in [-0.15, -0.1) is 0 Å². The van der Waals surface area contributed by atoms with Gasteiger partial charge in [0.2, 0.25) is 0 Å². The lowest BCUT2D eigenvalue weighted by Gasteiger charge is -2.33. The van der Waals surface area contributed by atoms with Crippen molar-refractivity contribution < 1.29 is 24.5 Å². The third-order valence-electron chi connectivity index (χ3n) is 4.88. The molecule has 0 spiro atoms. The molecule has 0 aliphatic heterocycles. The number of rotatable bonds is 9. The highest BCUT2D eigenvalue weighted by Crippen LogP contribution is 2.40. The first-order chi connectivity index (χ1) is 14.6. The zero-order chi connectivity index (χ0) is 21.4. The molecule has 154 valence electrons. The number of ketones is 1. The van der Waals surface area contributed by atoms with Crippen LogP contribution in [0.3, 0.4) is 0 Å². The molecule has 3 aromatic rings. The first-order valence-electron chi connectivity index (χ1n) is 9.83. The van der Waals surface area contributed by atoms with Crippen molar-refractivity contribution in [1.29, 1.82) is 0 Å². The average molecular weight is 404 g/mol. The number of hydrogen-bond donors (Lipinski definition) is 1. The normalized spacial score (nSPS) is 12.2. The fourth-order valence-corrected chi connectivity index (χ4v) is 3.27. The van der Waals surface area contributed by atoms with Crippen molar-refractivity contribution in [3.05, 3.63) is 108 Å². The molecule has 0 fully saturated rings. The Morgan fingerprint density at radius 2 is 1.20 bits per heavy atom. The molecule has 30 heavy (non-hydrogen) atoms. The van der Waals surface area contributed by atoms with E-state index in [-0.39, 0.29) is 18.6 Å². The van der Waals surface area contributed by atoms with Crippen molar-refractivity contribution >= 4 is 11.8 Å². The van der Waals surface area contributed by atoms with Gasteiger partial charge in [0.25, 0.3) is 0 Å². The van der Waals surface area contributed by atoms with Gasteiger partial charge in [-0.1, -0.05) is 97.9 Å². The van der Waals surface area contributed by atoms with E-state index in [1.54, 1.807) is 6.92 Å². The second-order valence-corrected chi connectivity index (χ2v) is 6.88. The molecule has 1 N–H and O–H groups in total. The van der Waals surface area contributed by atoms with Crippen molar-refractivity contribution in [3.8, 4) is 0 Å². The van der Waals surface area contributed by atoms with Gasteiger partial charge in [-0.2, -0.15) is 4.89 Å². The van der Waals surface area contributed by atoms with Crippen LogP contribution < -0.4 is 0 Å². The van der Waals surface area contributed by atoms with E-state index in [9.17, 15) is 14.7 Å². The standard InChI is InChI=1S/C25H24O5/c1-2-22(26)18-23(27)24(28)29-30-25(19-12-6-3-7-13-19,20-14-8-4-9-15-20)21-16-10-5-11-17-21/h3-17,23,27H,2,18H2,1H3/t23-/m0/s1. The summed E-state index contributed by atoms with van der Waals surface area (Å²) < 4.78 is 0. The Kier molecular flexibility index (Phi) is 7.12. The maximum Gasteiger partial charge on any atom is 0.371 e. The zero-order valence-corrected chi connectivity index (χ0v) is 16.7. The van der Waals surface area contributed by atoms with E-state index in [1.807, 2.05) is 91.0 Å². The van der Waals surface area contributed by atoms with Crippen molar-refractivity contribution in [2.24, 2.45) is 0 Å². The highest BCUT2D eigenvalue weighted by Gasteiger charge is 2.41. The number of hydrogen-bond acceptors (Lipinski definition) is 5. The van der Waals surface area contributed by atoms with Gasteiger partial charge in [-0.3, -0.25) is 9.68 Å². The Morgan fingerprint density at radius 1 is 0.800 bits per heavy atom. The molecule has 0 aromatic heterocycles. The van der Waals surface area contributed by atoms with Gasteiger partial charge in [0.05, 0.1) is 0 Å². The molecule has 0 radical (unpaired) electrons. The highest BCUT2D eigenvalue weighted by molar-refractivity contribution is 5.85. The van der Waals surface area contributed by atoms with Crippen molar-refractivity contribution in [3.63, 3.8) is 0 Å². The van der Waals surface area contributed by atoms with Crippen LogP contribution in [0.5, 0.6) is 0 Å². The van der Waals surface area contributed by atoms with Gasteiger partial charge in [-0.05, 0) is 16.7 Å². The minimum atomic E-state index is -1.59. The van der Waals surface area contributed by atoms with Crippen LogP contribution in [-0.2, 0) is 25.0 Å². The van der Waals surface area contributed by atoms with Crippen LogP contribution in [0.15, 0.2) is 91.0 Å². The molecule has 1 atom stereocenters. The molecule has 0 heterocycles. The SMILES string of the molecule is CCC(=O)C[C@H](O)C(=O)OOC(c1ccccc1)(c1ccccc1)c1ccccc1. The molecule has 0 unspecified atom stereocenters. The molecule has 0 bridgehead atoms. The minimum absolute atomic E-state index is 0.229. The predicted octanol–water partition coefficient (Wildman–Crippen LogP) is 4.18. The molecule has 5 heteroatoms. The lowest BCUT2D eigenvalue weighted by Crippen LogP contribution is -2.36. The third-order valence-corrected chi connectivity index (χ3v) is 4.88. The summed E-state index contributed by atoms with van der Waals surface area (Å²) >= 11 is 0. The Hall–Kier alpha value is -3.28. The maximum absolute atomic E-state index is 12.4. The summed E-state index contributed by atoms with van der Waals surface area (Å²) in [6, 6.07) is 28.2. The molecule has 0 aliphatic carbocycles. The van der Waals surface area contributed by atoms with E-state index in [0.29, 0.717) is 0 Å². The summed E-state index contributed by atoms with van der Waals surface area (Å²) in [5, 5.41) is 10.1. The van der Waals surface area contributed by atoms with Gasteiger partial charge in [0.1, 0.15) is 5.78 Å². The van der Waals surface area contributed by atoms with E-state index in [1.165, 1.54) is 0 Å². The average Bonchev–Trinajstić information content (AvgIpc) is 2.81. The fraction of sp³-hybridized carbons (Fsp3) is 0.200. The molecule has 5 nitrogen and oxygen atoms in total. The first kappa shape index (κ1) is 21.4. The summed E-state index contributed by atoms with van der Waals surface area (Å²) in [6.45, 7) is 1.67. The molecular weight excluding hydrogens is 380 g/mol. The molecule has 0 saturated carbocycles. The molecule has 0 aliphatic rings. The second kappa shape index (κ2) is 9.96. The topological polar surface area (TPSA) is 72.8 Å². The minimum Gasteiger partial charge on any atom is -0.381 e. The molecule has 0 saturated heterocycles. The van der Waals surface area contributed by atoms with Gasteiger partial charge in [0.15, 0.2) is 11.7 Å².